The van der Waals surface area contributed by atoms with Crippen LogP contribution in [-0.4, -0.2) is 13.4 Å². The molecule has 0 fully saturated rings. The molecule has 1 unspecified atom stereocenters. The zero-order valence-corrected chi connectivity index (χ0v) is 16.2. The maximum atomic E-state index is 12.1. The lowest BCUT2D eigenvalue weighted by Gasteiger charge is -2.17. The monoisotopic (exact) mass is 394 g/mol. The molecule has 1 aliphatic rings. The van der Waals surface area contributed by atoms with Gasteiger partial charge < -0.3 is 4.42 Å². The molecule has 4 rings (SSSR count). The molecule has 0 aliphatic heterocycles. The van der Waals surface area contributed by atoms with Gasteiger partial charge in [0.2, 0.25) is 10.0 Å². The Balaban J connectivity index is 1.83. The van der Waals surface area contributed by atoms with Gasteiger partial charge >= 0.3 is 0 Å². The molecule has 1 atom stereocenters. The number of hydrogen-bond acceptors (Lipinski definition) is 4. The van der Waals surface area contributed by atoms with Crippen LogP contribution in [-0.2, 0) is 16.4 Å². The fraction of sp³-hybridized carbons (Fsp3) is 0.227. The Morgan fingerprint density at radius 1 is 1.04 bits per heavy atom. The molecule has 0 spiro atoms. The van der Waals surface area contributed by atoms with Crippen LogP contribution >= 0.6 is 0 Å². The molecule has 144 valence electrons. The molecule has 3 aromatic rings. The molecule has 0 saturated heterocycles. The smallest absolute Gasteiger partial charge is 0.238 e. The molecule has 0 radical (unpaired) electrons. The van der Waals surface area contributed by atoms with Crippen molar-refractivity contribution in [3.63, 3.8) is 0 Å². The van der Waals surface area contributed by atoms with E-state index in [4.69, 9.17) is 14.5 Å². The van der Waals surface area contributed by atoms with E-state index in [-0.39, 0.29) is 10.8 Å². The van der Waals surface area contributed by atoms with Crippen LogP contribution in [0.4, 0.5) is 0 Å². The van der Waals surface area contributed by atoms with Gasteiger partial charge in [-0.3, -0.25) is 0 Å². The lowest BCUT2D eigenvalue weighted by molar-refractivity contribution is 0.516. The fourth-order valence-corrected chi connectivity index (χ4v) is 4.37. The lowest BCUT2D eigenvalue weighted by atomic mass is 9.89. The number of primary sulfonamides is 1. The van der Waals surface area contributed by atoms with Crippen molar-refractivity contribution in [3.05, 3.63) is 83.9 Å². The van der Waals surface area contributed by atoms with Crippen LogP contribution in [0.1, 0.15) is 42.3 Å². The van der Waals surface area contributed by atoms with Crippen LogP contribution in [0.2, 0.25) is 0 Å². The molecule has 5 nitrogen and oxygen atoms in total. The highest BCUT2D eigenvalue weighted by molar-refractivity contribution is 7.89. The fourth-order valence-electron chi connectivity index (χ4n) is 3.64. The minimum Gasteiger partial charge on any atom is -0.440 e. The molecule has 2 aromatic carbocycles. The first-order chi connectivity index (χ1) is 13.5. The molecule has 1 aromatic heterocycles. The second-order valence-corrected chi connectivity index (χ2v) is 8.54. The average molecular weight is 394 g/mol. The van der Waals surface area contributed by atoms with Crippen molar-refractivity contribution in [2.24, 2.45) is 5.14 Å². The summed E-state index contributed by atoms with van der Waals surface area (Å²) in [6, 6.07) is 16.6. The molecule has 2 N–H and O–H groups in total. The Labute approximate surface area is 165 Å². The predicted octanol–water partition coefficient (Wildman–Crippen LogP) is 4.40. The average Bonchev–Trinajstić information content (AvgIpc) is 3.12. The largest absolute Gasteiger partial charge is 0.440 e. The number of oxazole rings is 1. The van der Waals surface area contributed by atoms with Crippen molar-refractivity contribution in [3.8, 4) is 11.3 Å². The van der Waals surface area contributed by atoms with E-state index in [0.29, 0.717) is 23.6 Å². The predicted molar refractivity (Wildman–Crippen MR) is 108 cm³/mol. The van der Waals surface area contributed by atoms with E-state index < -0.39 is 10.0 Å². The summed E-state index contributed by atoms with van der Waals surface area (Å²) in [7, 11) is -3.88. The number of sulfonamides is 1. The Bertz CT molecular complexity index is 1100. The lowest BCUT2D eigenvalue weighted by Crippen LogP contribution is -2.13. The Morgan fingerprint density at radius 2 is 1.79 bits per heavy atom. The van der Waals surface area contributed by atoms with Gasteiger partial charge in [-0.05, 0) is 37.0 Å². The van der Waals surface area contributed by atoms with Crippen LogP contribution in [0.15, 0.2) is 76.1 Å². The van der Waals surface area contributed by atoms with Crippen LogP contribution < -0.4 is 5.14 Å². The molecule has 1 heterocycles. The summed E-state index contributed by atoms with van der Waals surface area (Å²) < 4.78 is 30.4. The number of rotatable bonds is 5. The maximum absolute atomic E-state index is 12.1. The molecule has 28 heavy (non-hydrogen) atoms. The van der Waals surface area contributed by atoms with Crippen molar-refractivity contribution in [1.29, 1.82) is 0 Å². The summed E-state index contributed by atoms with van der Waals surface area (Å²) in [5, 5.41) is 5.45. The van der Waals surface area contributed by atoms with E-state index >= 15 is 0 Å². The van der Waals surface area contributed by atoms with E-state index in [9.17, 15) is 8.42 Å². The highest BCUT2D eigenvalue weighted by Gasteiger charge is 2.27. The number of nitrogens with two attached hydrogens (primary N) is 1. The summed E-state index contributed by atoms with van der Waals surface area (Å²) in [5.41, 5.74) is 2.37. The second kappa shape index (κ2) is 7.73. The first-order valence-electron chi connectivity index (χ1n) is 9.33. The number of benzene rings is 2. The van der Waals surface area contributed by atoms with Crippen LogP contribution in [0.25, 0.3) is 11.3 Å². The van der Waals surface area contributed by atoms with Crippen molar-refractivity contribution < 1.29 is 12.8 Å². The Hall–Kier alpha value is -2.70. The zero-order chi connectivity index (χ0) is 19.6. The van der Waals surface area contributed by atoms with E-state index in [2.05, 4.69) is 12.2 Å². The van der Waals surface area contributed by atoms with Crippen molar-refractivity contribution >= 4 is 10.0 Å². The zero-order valence-electron chi connectivity index (χ0n) is 15.4. The third-order valence-electron chi connectivity index (χ3n) is 4.99. The Morgan fingerprint density at radius 3 is 2.50 bits per heavy atom. The molecule has 0 bridgehead atoms. The molecule has 0 saturated carbocycles. The molecular weight excluding hydrogens is 372 g/mol. The first-order valence-corrected chi connectivity index (χ1v) is 10.9. The first kappa shape index (κ1) is 18.7. The molecule has 1 aliphatic carbocycles. The van der Waals surface area contributed by atoms with Crippen LogP contribution in [0.5, 0.6) is 0 Å². The van der Waals surface area contributed by atoms with E-state index in [0.717, 1.165) is 30.5 Å². The summed E-state index contributed by atoms with van der Waals surface area (Å²) in [6.45, 7) is 0. The van der Waals surface area contributed by atoms with E-state index in [1.165, 1.54) is 6.07 Å². The van der Waals surface area contributed by atoms with Crippen LogP contribution in [0.3, 0.4) is 0 Å². The highest BCUT2D eigenvalue weighted by Crippen LogP contribution is 2.38. The summed E-state index contributed by atoms with van der Waals surface area (Å²) in [5.74, 6) is 1.28. The number of allylic oxidation sites excluding steroid dienone is 2. The highest BCUT2D eigenvalue weighted by atomic mass is 32.2. The van der Waals surface area contributed by atoms with Gasteiger partial charge in [-0.2, -0.15) is 0 Å². The SMILES string of the molecule is NS(=O)(=O)c1ccccc1-c1oc(Cc2ccccc2)nc1C1CC=CCC1. The molecule has 0 amide bonds. The van der Waals surface area contributed by atoms with Gasteiger partial charge in [0, 0.05) is 17.9 Å². The van der Waals surface area contributed by atoms with Gasteiger partial charge in [0.25, 0.3) is 0 Å². The normalized spacial score (nSPS) is 17.0. The van der Waals surface area contributed by atoms with Crippen molar-refractivity contribution in [2.45, 2.75) is 36.5 Å². The van der Waals surface area contributed by atoms with E-state index in [1.807, 2.05) is 30.3 Å². The third-order valence-corrected chi connectivity index (χ3v) is 5.96. The van der Waals surface area contributed by atoms with Crippen molar-refractivity contribution in [2.75, 3.05) is 0 Å². The van der Waals surface area contributed by atoms with Gasteiger partial charge in [0.05, 0.1) is 10.6 Å². The Kier molecular flexibility index (Phi) is 5.15. The standard InChI is InChI=1S/C22H22N2O3S/c23-28(25,26)19-14-8-7-13-18(19)22-21(17-11-5-2-6-12-17)24-20(27-22)15-16-9-3-1-4-10-16/h1-5,7-10,13-14,17H,6,11-12,15H2,(H2,23,25,26). The van der Waals surface area contributed by atoms with Gasteiger partial charge in [0.1, 0.15) is 0 Å². The number of nitrogens with zero attached hydrogens (tertiary/aromatic N) is 1. The molecule has 6 heteroatoms. The second-order valence-electron chi connectivity index (χ2n) is 7.01. The summed E-state index contributed by atoms with van der Waals surface area (Å²) in [4.78, 5) is 4.85. The van der Waals surface area contributed by atoms with Crippen LogP contribution in [0, 0.1) is 0 Å². The van der Waals surface area contributed by atoms with Crippen molar-refractivity contribution in [1.82, 2.24) is 4.98 Å². The molecular formula is C22H22N2O3S. The minimum absolute atomic E-state index is 0.0602. The minimum atomic E-state index is -3.88. The summed E-state index contributed by atoms with van der Waals surface area (Å²) >= 11 is 0. The topological polar surface area (TPSA) is 86.2 Å². The quantitative estimate of drug-likeness (QED) is 0.650. The number of hydrogen-bond donors (Lipinski definition) is 1. The van der Waals surface area contributed by atoms with Gasteiger partial charge in [-0.15, -0.1) is 0 Å². The maximum Gasteiger partial charge on any atom is 0.238 e. The third kappa shape index (κ3) is 3.93. The van der Waals surface area contributed by atoms with E-state index in [1.54, 1.807) is 18.2 Å². The van der Waals surface area contributed by atoms with Gasteiger partial charge in [0.15, 0.2) is 11.7 Å². The van der Waals surface area contributed by atoms with Gasteiger partial charge in [-0.1, -0.05) is 54.6 Å². The van der Waals surface area contributed by atoms with Gasteiger partial charge in [-0.25, -0.2) is 18.5 Å². The number of aromatic nitrogens is 1. The summed E-state index contributed by atoms with van der Waals surface area (Å²) in [6.07, 6.45) is 7.66.